The number of thiol groups is 2. The number of rotatable bonds is 6. The van der Waals surface area contributed by atoms with Gasteiger partial charge in [-0.1, -0.05) is 0 Å². The molecular weight excluding hydrogens is 336 g/mol. The number of hydrogen-bond donors (Lipinski definition) is 2. The van der Waals surface area contributed by atoms with E-state index in [0.29, 0.717) is 0 Å². The van der Waals surface area contributed by atoms with Crippen LogP contribution in [0.5, 0.6) is 0 Å². The van der Waals surface area contributed by atoms with Crippen LogP contribution in [0.25, 0.3) is 0 Å². The summed E-state index contributed by atoms with van der Waals surface area (Å²) >= 11 is 8.67. The highest BCUT2D eigenvalue weighted by molar-refractivity contribution is 7.80. The molecule has 2 aliphatic heterocycles. The molecule has 0 bridgehead atoms. The van der Waals surface area contributed by atoms with Crippen molar-refractivity contribution in [2.24, 2.45) is 0 Å². The topological polar surface area (TPSA) is 13.0 Å². The van der Waals surface area contributed by atoms with Gasteiger partial charge in [0.1, 0.15) is 0 Å². The summed E-state index contributed by atoms with van der Waals surface area (Å²) in [5, 5.41) is 0. The lowest BCUT2D eigenvalue weighted by Crippen LogP contribution is -2.47. The summed E-state index contributed by atoms with van der Waals surface area (Å²) in [7, 11) is 0. The van der Waals surface area contributed by atoms with Crippen LogP contribution in [0.2, 0.25) is 0 Å². The summed E-state index contributed by atoms with van der Waals surface area (Å²) in [6, 6.07) is 9.18. The molecule has 0 saturated carbocycles. The Bertz CT molecular complexity index is 435. The first kappa shape index (κ1) is 18.2. The Kier molecular flexibility index (Phi) is 7.01. The average Bonchev–Trinajstić information content (AvgIpc) is 2.64. The second kappa shape index (κ2) is 9.22. The van der Waals surface area contributed by atoms with Crippen LogP contribution in [0.4, 0.5) is 11.4 Å². The first-order chi connectivity index (χ1) is 11.8. The standard InChI is InChI=1S/C18H30N4S2/c23-15-13-19-5-9-21(10-6-19)17-1-2-18(4-3-17)22-11-7-20(8-12-22)14-16-24/h1-4,23-24H,5-16H2. The molecule has 0 unspecified atom stereocenters. The Morgan fingerprint density at radius 2 is 0.917 bits per heavy atom. The van der Waals surface area contributed by atoms with Crippen molar-refractivity contribution in [2.75, 3.05) is 86.8 Å². The highest BCUT2D eigenvalue weighted by Crippen LogP contribution is 2.23. The van der Waals surface area contributed by atoms with E-state index in [1.54, 1.807) is 0 Å². The van der Waals surface area contributed by atoms with Crippen LogP contribution in [0.1, 0.15) is 0 Å². The minimum Gasteiger partial charge on any atom is -0.369 e. The summed E-state index contributed by atoms with van der Waals surface area (Å²) in [5.74, 6) is 1.91. The van der Waals surface area contributed by atoms with Gasteiger partial charge in [0.05, 0.1) is 0 Å². The fourth-order valence-corrected chi connectivity index (χ4v) is 4.18. The van der Waals surface area contributed by atoms with Gasteiger partial charge in [0.25, 0.3) is 0 Å². The molecule has 0 radical (unpaired) electrons. The lowest BCUT2D eigenvalue weighted by molar-refractivity contribution is 0.273. The third kappa shape index (κ3) is 4.75. The van der Waals surface area contributed by atoms with Gasteiger partial charge in [-0.25, -0.2) is 0 Å². The maximum Gasteiger partial charge on any atom is 0.0368 e. The highest BCUT2D eigenvalue weighted by atomic mass is 32.1. The highest BCUT2D eigenvalue weighted by Gasteiger charge is 2.18. The number of hydrogen-bond acceptors (Lipinski definition) is 6. The number of nitrogens with zero attached hydrogens (tertiary/aromatic N) is 4. The van der Waals surface area contributed by atoms with Crippen LogP contribution in [-0.4, -0.2) is 86.8 Å². The molecule has 2 heterocycles. The molecule has 1 aromatic rings. The summed E-state index contributed by atoms with van der Waals surface area (Å²) in [6.45, 7) is 11.3. The maximum absolute atomic E-state index is 4.34. The molecule has 6 heteroatoms. The molecule has 1 aromatic carbocycles. The van der Waals surface area contributed by atoms with Crippen molar-refractivity contribution in [2.45, 2.75) is 0 Å². The van der Waals surface area contributed by atoms with Crippen LogP contribution < -0.4 is 9.80 Å². The van der Waals surface area contributed by atoms with Gasteiger partial charge in [-0.3, -0.25) is 9.80 Å². The lowest BCUT2D eigenvalue weighted by Gasteiger charge is -2.37. The van der Waals surface area contributed by atoms with E-state index in [4.69, 9.17) is 0 Å². The lowest BCUT2D eigenvalue weighted by atomic mass is 10.2. The molecule has 0 amide bonds. The second-order valence-corrected chi connectivity index (χ2v) is 7.52. The molecule has 4 nitrogen and oxygen atoms in total. The summed E-state index contributed by atoms with van der Waals surface area (Å²) in [6.07, 6.45) is 0. The second-order valence-electron chi connectivity index (χ2n) is 6.62. The van der Waals surface area contributed by atoms with E-state index in [2.05, 4.69) is 69.1 Å². The van der Waals surface area contributed by atoms with Crippen molar-refractivity contribution < 1.29 is 0 Å². The molecule has 0 atom stereocenters. The predicted octanol–water partition coefficient (Wildman–Crippen LogP) is 1.79. The minimum absolute atomic E-state index is 0.954. The van der Waals surface area contributed by atoms with Gasteiger partial charge in [0, 0.05) is 88.3 Å². The van der Waals surface area contributed by atoms with E-state index < -0.39 is 0 Å². The molecule has 2 aliphatic rings. The first-order valence-electron chi connectivity index (χ1n) is 9.06. The van der Waals surface area contributed by atoms with E-state index >= 15 is 0 Å². The molecule has 3 rings (SSSR count). The predicted molar refractivity (Wildman–Crippen MR) is 111 cm³/mol. The number of benzene rings is 1. The smallest absolute Gasteiger partial charge is 0.0368 e. The van der Waals surface area contributed by atoms with E-state index in [0.717, 1.165) is 77.0 Å². The molecule has 24 heavy (non-hydrogen) atoms. The van der Waals surface area contributed by atoms with Crippen molar-refractivity contribution in [3.05, 3.63) is 24.3 Å². The molecular formula is C18H30N4S2. The number of anilines is 2. The third-order valence-corrected chi connectivity index (χ3v) is 5.56. The first-order valence-corrected chi connectivity index (χ1v) is 10.3. The molecule has 0 aliphatic carbocycles. The largest absolute Gasteiger partial charge is 0.369 e. The Labute approximate surface area is 157 Å². The zero-order valence-electron chi connectivity index (χ0n) is 14.5. The van der Waals surface area contributed by atoms with Crippen LogP contribution in [0.15, 0.2) is 24.3 Å². The zero-order chi connectivity index (χ0) is 16.8. The molecule has 0 spiro atoms. The van der Waals surface area contributed by atoms with Crippen molar-refractivity contribution in [3.8, 4) is 0 Å². The van der Waals surface area contributed by atoms with E-state index in [1.165, 1.54) is 11.4 Å². The fourth-order valence-electron chi connectivity index (χ4n) is 3.62. The molecule has 2 saturated heterocycles. The Morgan fingerprint density at radius 1 is 0.583 bits per heavy atom. The Morgan fingerprint density at radius 3 is 1.21 bits per heavy atom. The molecule has 2 fully saturated rings. The van der Waals surface area contributed by atoms with Gasteiger partial charge in [-0.15, -0.1) is 0 Å². The van der Waals surface area contributed by atoms with Gasteiger partial charge in [0.2, 0.25) is 0 Å². The van der Waals surface area contributed by atoms with E-state index in [-0.39, 0.29) is 0 Å². The third-order valence-electron chi connectivity index (χ3n) is 5.16. The van der Waals surface area contributed by atoms with Crippen LogP contribution in [0.3, 0.4) is 0 Å². The molecule has 0 N–H and O–H groups in total. The molecule has 134 valence electrons. The molecule has 0 aromatic heterocycles. The van der Waals surface area contributed by atoms with Gasteiger partial charge in [-0.05, 0) is 24.3 Å². The van der Waals surface area contributed by atoms with Crippen LogP contribution in [0, 0.1) is 0 Å². The van der Waals surface area contributed by atoms with Crippen LogP contribution >= 0.6 is 25.3 Å². The quantitative estimate of drug-likeness (QED) is 0.745. The Balaban J connectivity index is 1.51. The average molecular weight is 367 g/mol. The Hall–Kier alpha value is -0.560. The van der Waals surface area contributed by atoms with Crippen LogP contribution in [-0.2, 0) is 0 Å². The minimum atomic E-state index is 0.954. The SMILES string of the molecule is SCCN1CCN(c2ccc(N3CCN(CCS)CC3)cc2)CC1. The van der Waals surface area contributed by atoms with Gasteiger partial charge < -0.3 is 9.80 Å². The van der Waals surface area contributed by atoms with Crippen molar-refractivity contribution >= 4 is 36.6 Å². The van der Waals surface area contributed by atoms with Crippen molar-refractivity contribution in [1.29, 1.82) is 0 Å². The zero-order valence-corrected chi connectivity index (χ0v) is 16.3. The summed E-state index contributed by atoms with van der Waals surface area (Å²) < 4.78 is 0. The van der Waals surface area contributed by atoms with Crippen molar-refractivity contribution in [1.82, 2.24) is 9.80 Å². The van der Waals surface area contributed by atoms with Gasteiger partial charge in [0.15, 0.2) is 0 Å². The summed E-state index contributed by atoms with van der Waals surface area (Å²) in [4.78, 5) is 10.0. The monoisotopic (exact) mass is 366 g/mol. The summed E-state index contributed by atoms with van der Waals surface area (Å²) in [5.41, 5.74) is 2.72. The number of piperazine rings is 2. The van der Waals surface area contributed by atoms with Crippen molar-refractivity contribution in [3.63, 3.8) is 0 Å². The van der Waals surface area contributed by atoms with Gasteiger partial charge >= 0.3 is 0 Å². The maximum atomic E-state index is 4.34. The fraction of sp³-hybridized carbons (Fsp3) is 0.667. The normalized spacial score (nSPS) is 20.6. The van der Waals surface area contributed by atoms with E-state index in [1.807, 2.05) is 0 Å². The van der Waals surface area contributed by atoms with E-state index in [9.17, 15) is 0 Å². The van der Waals surface area contributed by atoms with Gasteiger partial charge in [-0.2, -0.15) is 25.3 Å².